The molecule has 1 heterocycles. The molecule has 0 aliphatic heterocycles. The van der Waals surface area contributed by atoms with Crippen LogP contribution in [-0.4, -0.2) is 23.3 Å². The summed E-state index contributed by atoms with van der Waals surface area (Å²) >= 11 is 0. The molecule has 4 nitrogen and oxygen atoms in total. The van der Waals surface area contributed by atoms with Gasteiger partial charge in [0, 0.05) is 11.8 Å². The molecule has 0 aliphatic carbocycles. The van der Waals surface area contributed by atoms with E-state index in [0.29, 0.717) is 19.0 Å². The SMILES string of the molecule is CCOc1ccc(-c2cncc(O)c2)cc1OCC. The number of nitrogens with zero attached hydrogens (tertiary/aromatic N) is 1. The average Bonchev–Trinajstić information content (AvgIpc) is 2.41. The lowest BCUT2D eigenvalue weighted by Crippen LogP contribution is -1.98. The van der Waals surface area contributed by atoms with Crippen LogP contribution in [0.3, 0.4) is 0 Å². The predicted molar refractivity (Wildman–Crippen MR) is 73.7 cm³/mol. The van der Waals surface area contributed by atoms with E-state index in [1.165, 1.54) is 6.20 Å². The van der Waals surface area contributed by atoms with Crippen LogP contribution in [0.5, 0.6) is 17.2 Å². The molecule has 0 amide bonds. The molecule has 0 saturated heterocycles. The highest BCUT2D eigenvalue weighted by molar-refractivity contribution is 5.67. The quantitative estimate of drug-likeness (QED) is 0.895. The molecule has 2 aromatic rings. The Morgan fingerprint density at radius 3 is 2.37 bits per heavy atom. The third kappa shape index (κ3) is 3.16. The van der Waals surface area contributed by atoms with Gasteiger partial charge in [-0.25, -0.2) is 0 Å². The normalized spacial score (nSPS) is 10.2. The number of benzene rings is 1. The average molecular weight is 259 g/mol. The molecule has 1 aromatic heterocycles. The molecule has 1 aromatic carbocycles. The largest absolute Gasteiger partial charge is 0.506 e. The van der Waals surface area contributed by atoms with Crippen molar-refractivity contribution < 1.29 is 14.6 Å². The molecule has 0 fully saturated rings. The molecule has 0 atom stereocenters. The van der Waals surface area contributed by atoms with Crippen LogP contribution in [0, 0.1) is 0 Å². The third-order valence-electron chi connectivity index (χ3n) is 2.60. The summed E-state index contributed by atoms with van der Waals surface area (Å²) in [6.07, 6.45) is 3.10. The van der Waals surface area contributed by atoms with Crippen LogP contribution in [0.1, 0.15) is 13.8 Å². The van der Waals surface area contributed by atoms with Gasteiger partial charge >= 0.3 is 0 Å². The lowest BCUT2D eigenvalue weighted by Gasteiger charge is -2.12. The summed E-state index contributed by atoms with van der Waals surface area (Å²) < 4.78 is 11.1. The maximum absolute atomic E-state index is 9.47. The van der Waals surface area contributed by atoms with E-state index >= 15 is 0 Å². The number of aromatic nitrogens is 1. The first-order valence-corrected chi connectivity index (χ1v) is 6.28. The Balaban J connectivity index is 2.39. The minimum atomic E-state index is 0.143. The van der Waals surface area contributed by atoms with Gasteiger partial charge in [-0.3, -0.25) is 4.98 Å². The lowest BCUT2D eigenvalue weighted by molar-refractivity contribution is 0.288. The molecule has 0 spiro atoms. The molecule has 19 heavy (non-hydrogen) atoms. The van der Waals surface area contributed by atoms with E-state index < -0.39 is 0 Å². The molecule has 0 aliphatic rings. The monoisotopic (exact) mass is 259 g/mol. The fraction of sp³-hybridized carbons (Fsp3) is 0.267. The number of rotatable bonds is 5. The first-order chi connectivity index (χ1) is 9.24. The van der Waals surface area contributed by atoms with E-state index in [2.05, 4.69) is 4.98 Å². The lowest BCUT2D eigenvalue weighted by atomic mass is 10.1. The maximum atomic E-state index is 9.47. The number of ether oxygens (including phenoxy) is 2. The van der Waals surface area contributed by atoms with E-state index in [9.17, 15) is 5.11 Å². The van der Waals surface area contributed by atoms with Gasteiger partial charge in [0.1, 0.15) is 5.75 Å². The highest BCUT2D eigenvalue weighted by Crippen LogP contribution is 2.33. The topological polar surface area (TPSA) is 51.6 Å². The van der Waals surface area contributed by atoms with Gasteiger partial charge in [0.2, 0.25) is 0 Å². The molecule has 0 radical (unpaired) electrons. The van der Waals surface area contributed by atoms with Crippen molar-refractivity contribution in [2.24, 2.45) is 0 Å². The second kappa shape index (κ2) is 6.09. The van der Waals surface area contributed by atoms with Gasteiger partial charge in [-0.1, -0.05) is 6.07 Å². The summed E-state index contributed by atoms with van der Waals surface area (Å²) in [6, 6.07) is 7.35. The first kappa shape index (κ1) is 13.2. The number of hydrogen-bond donors (Lipinski definition) is 1. The fourth-order valence-corrected chi connectivity index (χ4v) is 1.82. The van der Waals surface area contributed by atoms with Crippen LogP contribution >= 0.6 is 0 Å². The number of aromatic hydroxyl groups is 1. The first-order valence-electron chi connectivity index (χ1n) is 6.28. The van der Waals surface area contributed by atoms with Crippen LogP contribution in [0.15, 0.2) is 36.7 Å². The Kier molecular flexibility index (Phi) is 4.23. The predicted octanol–water partition coefficient (Wildman–Crippen LogP) is 3.25. The smallest absolute Gasteiger partial charge is 0.161 e. The number of hydrogen-bond acceptors (Lipinski definition) is 4. The van der Waals surface area contributed by atoms with Crippen molar-refractivity contribution >= 4 is 0 Å². The van der Waals surface area contributed by atoms with Crippen LogP contribution in [0.25, 0.3) is 11.1 Å². The van der Waals surface area contributed by atoms with Crippen molar-refractivity contribution in [2.75, 3.05) is 13.2 Å². The second-order valence-corrected chi connectivity index (χ2v) is 3.96. The van der Waals surface area contributed by atoms with E-state index in [1.807, 2.05) is 32.0 Å². The Bertz CT molecular complexity index is 555. The van der Waals surface area contributed by atoms with Crippen molar-refractivity contribution in [1.29, 1.82) is 0 Å². The zero-order chi connectivity index (χ0) is 13.7. The molecule has 100 valence electrons. The summed E-state index contributed by atoms with van der Waals surface area (Å²) in [5, 5.41) is 9.47. The van der Waals surface area contributed by atoms with Crippen LogP contribution in [0.4, 0.5) is 0 Å². The molecular formula is C15H17NO3. The minimum Gasteiger partial charge on any atom is -0.506 e. The standard InChI is InChI=1S/C15H17NO3/c1-3-18-14-6-5-11(8-15(14)19-4-2)12-7-13(17)10-16-9-12/h5-10,17H,3-4H2,1-2H3. The molecule has 1 N–H and O–H groups in total. The summed E-state index contributed by atoms with van der Waals surface area (Å²) in [4.78, 5) is 3.97. The van der Waals surface area contributed by atoms with Crippen molar-refractivity contribution in [3.63, 3.8) is 0 Å². The van der Waals surface area contributed by atoms with Gasteiger partial charge in [-0.05, 0) is 37.6 Å². The van der Waals surface area contributed by atoms with Crippen molar-refractivity contribution in [3.8, 4) is 28.4 Å². The zero-order valence-corrected chi connectivity index (χ0v) is 11.1. The van der Waals surface area contributed by atoms with E-state index in [1.54, 1.807) is 12.3 Å². The molecule has 0 saturated carbocycles. The van der Waals surface area contributed by atoms with Gasteiger partial charge in [0.15, 0.2) is 11.5 Å². The Morgan fingerprint density at radius 2 is 1.68 bits per heavy atom. The molecule has 4 heteroatoms. The van der Waals surface area contributed by atoms with Crippen molar-refractivity contribution in [3.05, 3.63) is 36.7 Å². The van der Waals surface area contributed by atoms with Crippen LogP contribution < -0.4 is 9.47 Å². The zero-order valence-electron chi connectivity index (χ0n) is 11.1. The van der Waals surface area contributed by atoms with Gasteiger partial charge in [-0.15, -0.1) is 0 Å². The number of pyridine rings is 1. The minimum absolute atomic E-state index is 0.143. The summed E-state index contributed by atoms with van der Waals surface area (Å²) in [6.45, 7) is 5.02. The molecule has 2 rings (SSSR count). The molecule has 0 bridgehead atoms. The highest BCUT2D eigenvalue weighted by Gasteiger charge is 2.08. The van der Waals surface area contributed by atoms with E-state index in [0.717, 1.165) is 16.9 Å². The van der Waals surface area contributed by atoms with Crippen LogP contribution in [-0.2, 0) is 0 Å². The highest BCUT2D eigenvalue weighted by atomic mass is 16.5. The Labute approximate surface area is 112 Å². The van der Waals surface area contributed by atoms with Gasteiger partial charge < -0.3 is 14.6 Å². The van der Waals surface area contributed by atoms with Gasteiger partial charge in [0.25, 0.3) is 0 Å². The summed E-state index contributed by atoms with van der Waals surface area (Å²) in [7, 11) is 0. The third-order valence-corrected chi connectivity index (χ3v) is 2.60. The second-order valence-electron chi connectivity index (χ2n) is 3.96. The fourth-order valence-electron chi connectivity index (χ4n) is 1.82. The van der Waals surface area contributed by atoms with Crippen molar-refractivity contribution in [1.82, 2.24) is 4.98 Å². The molecule has 0 unspecified atom stereocenters. The maximum Gasteiger partial charge on any atom is 0.161 e. The van der Waals surface area contributed by atoms with Crippen molar-refractivity contribution in [2.45, 2.75) is 13.8 Å². The Hall–Kier alpha value is -2.23. The van der Waals surface area contributed by atoms with Gasteiger partial charge in [0.05, 0.1) is 19.4 Å². The summed E-state index contributed by atoms with van der Waals surface area (Å²) in [5.41, 5.74) is 1.76. The van der Waals surface area contributed by atoms with E-state index in [-0.39, 0.29) is 5.75 Å². The van der Waals surface area contributed by atoms with Gasteiger partial charge in [-0.2, -0.15) is 0 Å². The van der Waals surface area contributed by atoms with Crippen LogP contribution in [0.2, 0.25) is 0 Å². The molecular weight excluding hydrogens is 242 g/mol. The summed E-state index contributed by atoms with van der Waals surface area (Å²) in [5.74, 6) is 1.57. The Morgan fingerprint density at radius 1 is 0.947 bits per heavy atom. The van der Waals surface area contributed by atoms with E-state index in [4.69, 9.17) is 9.47 Å².